The lowest BCUT2D eigenvalue weighted by Crippen LogP contribution is -1.93. The maximum absolute atomic E-state index is 13.2. The van der Waals surface area contributed by atoms with Gasteiger partial charge in [0, 0.05) is 17.1 Å². The molecule has 2 aromatic heterocycles. The Kier molecular flexibility index (Phi) is 5.11. The van der Waals surface area contributed by atoms with Gasteiger partial charge in [-0.15, -0.1) is 11.3 Å². The van der Waals surface area contributed by atoms with Gasteiger partial charge in [0.1, 0.15) is 12.4 Å². The summed E-state index contributed by atoms with van der Waals surface area (Å²) in [6.07, 6.45) is 3.50. The number of fused-ring (bicyclic) bond motifs is 1. The zero-order chi connectivity index (χ0) is 18.8. The SMILES string of the molecule is Fc1ccc(-c2nc3sccn3c2/C=N/OCc2ccc(Cl)c(Cl)c2)cc1. The van der Waals surface area contributed by atoms with Crippen molar-refractivity contribution < 1.29 is 9.23 Å². The summed E-state index contributed by atoms with van der Waals surface area (Å²) in [5, 5.41) is 6.96. The average molecular weight is 420 g/mol. The van der Waals surface area contributed by atoms with Crippen LogP contribution in [0.15, 0.2) is 59.2 Å². The fraction of sp³-hybridized carbons (Fsp3) is 0.0526. The van der Waals surface area contributed by atoms with Crippen LogP contribution >= 0.6 is 34.5 Å². The molecule has 0 aliphatic carbocycles. The van der Waals surface area contributed by atoms with Crippen LogP contribution in [0.25, 0.3) is 16.2 Å². The molecule has 27 heavy (non-hydrogen) atoms. The lowest BCUT2D eigenvalue weighted by Gasteiger charge is -2.02. The highest BCUT2D eigenvalue weighted by Crippen LogP contribution is 2.26. The molecule has 0 saturated carbocycles. The van der Waals surface area contributed by atoms with Crippen LogP contribution in [-0.4, -0.2) is 15.6 Å². The van der Waals surface area contributed by atoms with Crippen molar-refractivity contribution in [3.05, 3.63) is 81.2 Å². The Morgan fingerprint density at radius 3 is 2.74 bits per heavy atom. The molecular formula is C19H12Cl2FN3OS. The number of oxime groups is 1. The largest absolute Gasteiger partial charge is 0.391 e. The Morgan fingerprint density at radius 2 is 1.96 bits per heavy atom. The van der Waals surface area contributed by atoms with Gasteiger partial charge in [-0.3, -0.25) is 4.40 Å². The molecule has 0 bridgehead atoms. The van der Waals surface area contributed by atoms with Crippen molar-refractivity contribution in [2.45, 2.75) is 6.61 Å². The Bertz CT molecular complexity index is 1120. The van der Waals surface area contributed by atoms with E-state index in [4.69, 9.17) is 28.0 Å². The third kappa shape index (κ3) is 3.83. The van der Waals surface area contributed by atoms with Crippen molar-refractivity contribution in [2.24, 2.45) is 5.16 Å². The third-order valence-electron chi connectivity index (χ3n) is 3.88. The summed E-state index contributed by atoms with van der Waals surface area (Å²) in [6.45, 7) is 0.255. The normalized spacial score (nSPS) is 11.5. The van der Waals surface area contributed by atoms with E-state index < -0.39 is 0 Å². The molecule has 2 heterocycles. The fourth-order valence-corrected chi connectivity index (χ4v) is 3.62. The van der Waals surface area contributed by atoms with Crippen LogP contribution in [0.2, 0.25) is 10.0 Å². The minimum absolute atomic E-state index is 0.255. The number of rotatable bonds is 5. The summed E-state index contributed by atoms with van der Waals surface area (Å²) in [7, 11) is 0. The minimum Gasteiger partial charge on any atom is -0.391 e. The predicted octanol–water partition coefficient (Wildman–Crippen LogP) is 6.06. The van der Waals surface area contributed by atoms with Gasteiger partial charge in [-0.05, 0) is 42.0 Å². The molecule has 0 amide bonds. The summed E-state index contributed by atoms with van der Waals surface area (Å²) >= 11 is 13.4. The van der Waals surface area contributed by atoms with Crippen molar-refractivity contribution in [1.82, 2.24) is 9.38 Å². The molecule has 0 aliphatic rings. The van der Waals surface area contributed by atoms with Crippen molar-refractivity contribution in [3.63, 3.8) is 0 Å². The standard InChI is InChI=1S/C19H12Cl2FN3OS/c20-15-6-1-12(9-16(15)21)11-26-23-10-17-18(13-2-4-14(22)5-3-13)24-19-25(17)7-8-27-19/h1-10H,11H2/b23-10+. The first-order valence-electron chi connectivity index (χ1n) is 7.92. The molecule has 0 unspecified atom stereocenters. The summed E-state index contributed by atoms with van der Waals surface area (Å²) in [4.78, 5) is 10.8. The highest BCUT2D eigenvalue weighted by molar-refractivity contribution is 7.15. The van der Waals surface area contributed by atoms with Gasteiger partial charge in [0.25, 0.3) is 0 Å². The highest BCUT2D eigenvalue weighted by atomic mass is 35.5. The summed E-state index contributed by atoms with van der Waals surface area (Å²) in [5.41, 5.74) is 3.13. The van der Waals surface area contributed by atoms with Crippen molar-refractivity contribution in [3.8, 4) is 11.3 Å². The molecule has 0 fully saturated rings. The monoisotopic (exact) mass is 419 g/mol. The van der Waals surface area contributed by atoms with E-state index in [0.29, 0.717) is 15.7 Å². The first-order chi connectivity index (χ1) is 13.1. The van der Waals surface area contributed by atoms with Gasteiger partial charge in [-0.25, -0.2) is 9.37 Å². The number of nitrogens with zero attached hydrogens (tertiary/aromatic N) is 3. The topological polar surface area (TPSA) is 38.9 Å². The molecule has 4 rings (SSSR count). The summed E-state index contributed by atoms with van der Waals surface area (Å²) in [5.74, 6) is -0.292. The van der Waals surface area contributed by atoms with E-state index >= 15 is 0 Å². The lowest BCUT2D eigenvalue weighted by molar-refractivity contribution is 0.132. The van der Waals surface area contributed by atoms with E-state index in [1.54, 1.807) is 30.5 Å². The van der Waals surface area contributed by atoms with E-state index in [1.165, 1.54) is 23.5 Å². The number of hydrogen-bond donors (Lipinski definition) is 0. The van der Waals surface area contributed by atoms with E-state index in [-0.39, 0.29) is 12.4 Å². The number of imidazole rings is 1. The Hall–Kier alpha value is -2.41. The maximum Gasteiger partial charge on any atom is 0.194 e. The summed E-state index contributed by atoms with van der Waals surface area (Å²) < 4.78 is 15.1. The maximum atomic E-state index is 13.2. The van der Waals surface area contributed by atoms with Crippen LogP contribution in [0.1, 0.15) is 11.3 Å². The average Bonchev–Trinajstić information content (AvgIpc) is 3.24. The first kappa shape index (κ1) is 18.0. The van der Waals surface area contributed by atoms with Crippen molar-refractivity contribution >= 4 is 45.7 Å². The molecule has 2 aromatic carbocycles. The third-order valence-corrected chi connectivity index (χ3v) is 5.38. The fourth-order valence-electron chi connectivity index (χ4n) is 2.58. The zero-order valence-electron chi connectivity index (χ0n) is 13.8. The molecule has 0 saturated heterocycles. The smallest absolute Gasteiger partial charge is 0.194 e. The molecular weight excluding hydrogens is 408 g/mol. The van der Waals surface area contributed by atoms with Crippen molar-refractivity contribution in [1.29, 1.82) is 0 Å². The van der Waals surface area contributed by atoms with E-state index in [0.717, 1.165) is 21.8 Å². The molecule has 0 aliphatic heterocycles. The van der Waals surface area contributed by atoms with Gasteiger partial charge < -0.3 is 4.84 Å². The van der Waals surface area contributed by atoms with Crippen LogP contribution in [0, 0.1) is 5.82 Å². The van der Waals surface area contributed by atoms with E-state index in [2.05, 4.69) is 10.1 Å². The van der Waals surface area contributed by atoms with Gasteiger partial charge in [0.2, 0.25) is 0 Å². The highest BCUT2D eigenvalue weighted by Gasteiger charge is 2.13. The molecule has 0 spiro atoms. The minimum atomic E-state index is -0.292. The van der Waals surface area contributed by atoms with Crippen LogP contribution in [0.4, 0.5) is 4.39 Å². The predicted molar refractivity (Wildman–Crippen MR) is 107 cm³/mol. The van der Waals surface area contributed by atoms with E-state index in [9.17, 15) is 4.39 Å². The second-order valence-electron chi connectivity index (χ2n) is 5.66. The Balaban J connectivity index is 1.58. The van der Waals surface area contributed by atoms with Crippen LogP contribution in [0.5, 0.6) is 0 Å². The molecule has 8 heteroatoms. The quantitative estimate of drug-likeness (QED) is 0.291. The molecule has 0 atom stereocenters. The van der Waals surface area contributed by atoms with Crippen LogP contribution in [-0.2, 0) is 11.4 Å². The van der Waals surface area contributed by atoms with E-state index in [1.807, 2.05) is 22.0 Å². The lowest BCUT2D eigenvalue weighted by atomic mass is 10.1. The Labute approximate surface area is 168 Å². The first-order valence-corrected chi connectivity index (χ1v) is 9.56. The van der Waals surface area contributed by atoms with Gasteiger partial charge in [-0.1, -0.05) is 34.4 Å². The Morgan fingerprint density at radius 1 is 1.15 bits per heavy atom. The molecule has 4 nitrogen and oxygen atoms in total. The number of thiazole rings is 1. The number of hydrogen-bond acceptors (Lipinski definition) is 4. The second-order valence-corrected chi connectivity index (χ2v) is 7.35. The van der Waals surface area contributed by atoms with Crippen LogP contribution < -0.4 is 0 Å². The van der Waals surface area contributed by atoms with Crippen molar-refractivity contribution in [2.75, 3.05) is 0 Å². The van der Waals surface area contributed by atoms with Gasteiger partial charge in [-0.2, -0.15) is 0 Å². The molecule has 4 aromatic rings. The molecule has 0 N–H and O–H groups in total. The number of halogens is 3. The van der Waals surface area contributed by atoms with Crippen LogP contribution in [0.3, 0.4) is 0 Å². The molecule has 0 radical (unpaired) electrons. The number of benzene rings is 2. The second kappa shape index (κ2) is 7.68. The molecule has 136 valence electrons. The van der Waals surface area contributed by atoms with Gasteiger partial charge >= 0.3 is 0 Å². The van der Waals surface area contributed by atoms with Gasteiger partial charge in [0.05, 0.1) is 27.6 Å². The summed E-state index contributed by atoms with van der Waals surface area (Å²) in [6, 6.07) is 11.5. The van der Waals surface area contributed by atoms with Gasteiger partial charge in [0.15, 0.2) is 4.96 Å². The zero-order valence-corrected chi connectivity index (χ0v) is 16.1. The number of aromatic nitrogens is 2.